The van der Waals surface area contributed by atoms with E-state index >= 15 is 0 Å². The molecule has 0 aromatic carbocycles. The highest BCUT2D eigenvalue weighted by molar-refractivity contribution is 6.67. The van der Waals surface area contributed by atoms with Crippen LogP contribution in [0.4, 0.5) is 0 Å². The molecule has 20 heavy (non-hydrogen) atoms. The Morgan fingerprint density at radius 1 is 0.900 bits per heavy atom. The lowest BCUT2D eigenvalue weighted by Crippen LogP contribution is -2.58. The molecular formula is C16H33NO2Si. The van der Waals surface area contributed by atoms with Crippen molar-refractivity contribution in [3.63, 3.8) is 0 Å². The van der Waals surface area contributed by atoms with E-state index in [9.17, 15) is 0 Å². The molecule has 1 aliphatic carbocycles. The van der Waals surface area contributed by atoms with Crippen molar-refractivity contribution in [1.82, 2.24) is 4.90 Å². The Morgan fingerprint density at radius 2 is 1.50 bits per heavy atom. The molecule has 0 radical (unpaired) electrons. The van der Waals surface area contributed by atoms with Crippen LogP contribution in [0.3, 0.4) is 0 Å². The van der Waals surface area contributed by atoms with Crippen molar-refractivity contribution in [3.05, 3.63) is 0 Å². The van der Waals surface area contributed by atoms with Crippen molar-refractivity contribution in [2.24, 2.45) is 5.92 Å². The molecule has 3 nitrogen and oxygen atoms in total. The fraction of sp³-hybridized carbons (Fsp3) is 1.00. The van der Waals surface area contributed by atoms with Gasteiger partial charge in [-0.05, 0) is 44.7 Å². The van der Waals surface area contributed by atoms with Crippen molar-refractivity contribution in [1.29, 1.82) is 0 Å². The van der Waals surface area contributed by atoms with Gasteiger partial charge >= 0.3 is 8.56 Å². The molecule has 2 rings (SSSR count). The summed E-state index contributed by atoms with van der Waals surface area (Å²) in [7, 11) is 1.64. The van der Waals surface area contributed by atoms with E-state index in [1.165, 1.54) is 70.9 Å². The summed E-state index contributed by atoms with van der Waals surface area (Å²) in [6, 6.07) is 0. The molecule has 0 amide bonds. The van der Waals surface area contributed by atoms with Crippen LogP contribution in [0.15, 0.2) is 0 Å². The highest BCUT2D eigenvalue weighted by Crippen LogP contribution is 2.30. The van der Waals surface area contributed by atoms with Crippen molar-refractivity contribution >= 4 is 8.56 Å². The molecule has 0 aromatic rings. The second kappa shape index (κ2) is 7.92. The summed E-state index contributed by atoms with van der Waals surface area (Å²) in [5.41, 5.74) is 0.543. The maximum Gasteiger partial charge on any atom is 0.352 e. The Bertz CT molecular complexity index is 278. The third kappa shape index (κ3) is 4.06. The van der Waals surface area contributed by atoms with Crippen LogP contribution in [0.5, 0.6) is 0 Å². The van der Waals surface area contributed by atoms with E-state index in [0.29, 0.717) is 5.67 Å². The molecule has 1 heterocycles. The van der Waals surface area contributed by atoms with E-state index < -0.39 is 8.56 Å². The predicted octanol–water partition coefficient (Wildman–Crippen LogP) is 3.72. The largest absolute Gasteiger partial charge is 0.397 e. The van der Waals surface area contributed by atoms with Crippen LogP contribution in [0, 0.1) is 5.92 Å². The number of hydrogen-bond acceptors (Lipinski definition) is 3. The van der Waals surface area contributed by atoms with Gasteiger partial charge in [0.15, 0.2) is 0 Å². The first kappa shape index (κ1) is 16.5. The molecule has 0 aromatic heterocycles. The van der Waals surface area contributed by atoms with Crippen molar-refractivity contribution in [2.75, 3.05) is 27.3 Å². The zero-order valence-electron chi connectivity index (χ0n) is 13.7. The first-order chi connectivity index (χ1) is 9.69. The second-order valence-electron chi connectivity index (χ2n) is 6.79. The first-order valence-corrected chi connectivity index (χ1v) is 10.9. The maximum absolute atomic E-state index is 5.88. The fourth-order valence-corrected chi connectivity index (χ4v) is 6.37. The summed E-state index contributed by atoms with van der Waals surface area (Å²) >= 11 is 0. The molecule has 4 heteroatoms. The molecular weight excluding hydrogens is 266 g/mol. The smallest absolute Gasteiger partial charge is 0.352 e. The Kier molecular flexibility index (Phi) is 6.52. The third-order valence-corrected chi connectivity index (χ3v) is 8.98. The van der Waals surface area contributed by atoms with Gasteiger partial charge in [0.2, 0.25) is 0 Å². The average molecular weight is 300 g/mol. The van der Waals surface area contributed by atoms with Gasteiger partial charge in [-0.3, -0.25) is 4.90 Å². The van der Waals surface area contributed by atoms with Gasteiger partial charge in [0.05, 0.1) is 5.67 Å². The quantitative estimate of drug-likeness (QED) is 0.722. The number of rotatable bonds is 5. The van der Waals surface area contributed by atoms with Gasteiger partial charge in [0.1, 0.15) is 0 Å². The molecule has 118 valence electrons. The van der Waals surface area contributed by atoms with E-state index in [2.05, 4.69) is 11.4 Å². The zero-order valence-corrected chi connectivity index (χ0v) is 14.7. The normalized spacial score (nSPS) is 27.4. The molecule has 0 bridgehead atoms. The summed E-state index contributed by atoms with van der Waals surface area (Å²) in [5, 5.41) is 0. The monoisotopic (exact) mass is 299 g/mol. The molecule has 0 N–H and O–H groups in total. The van der Waals surface area contributed by atoms with Gasteiger partial charge in [-0.15, -0.1) is 0 Å². The van der Waals surface area contributed by atoms with Gasteiger partial charge in [-0.25, -0.2) is 0 Å². The molecule has 2 fully saturated rings. The van der Waals surface area contributed by atoms with Crippen LogP contribution < -0.4 is 0 Å². The molecule has 1 saturated carbocycles. The van der Waals surface area contributed by atoms with Gasteiger partial charge in [-0.1, -0.05) is 32.1 Å². The molecule has 1 unspecified atom stereocenters. The molecule has 0 spiro atoms. The van der Waals surface area contributed by atoms with Crippen molar-refractivity contribution < 1.29 is 8.85 Å². The summed E-state index contributed by atoms with van der Waals surface area (Å²) in [6.07, 6.45) is 12.5. The zero-order chi connectivity index (χ0) is 14.4. The van der Waals surface area contributed by atoms with Crippen molar-refractivity contribution in [2.45, 2.75) is 70.0 Å². The summed E-state index contributed by atoms with van der Waals surface area (Å²) in [4.78, 5) is 2.74. The summed E-state index contributed by atoms with van der Waals surface area (Å²) < 4.78 is 11.8. The molecule has 1 atom stereocenters. The van der Waals surface area contributed by atoms with E-state index in [4.69, 9.17) is 8.85 Å². The minimum atomic E-state index is -2.05. The van der Waals surface area contributed by atoms with Crippen LogP contribution in [0.1, 0.15) is 57.8 Å². The topological polar surface area (TPSA) is 21.7 Å². The lowest BCUT2D eigenvalue weighted by molar-refractivity contribution is 0.137. The maximum atomic E-state index is 5.88. The Labute approximate surface area is 126 Å². The highest BCUT2D eigenvalue weighted by Gasteiger charge is 2.43. The van der Waals surface area contributed by atoms with E-state index in [1.807, 2.05) is 14.2 Å². The predicted molar refractivity (Wildman–Crippen MR) is 86.0 cm³/mol. The number of hydrogen-bond donors (Lipinski definition) is 0. The second-order valence-corrected chi connectivity index (χ2v) is 10.3. The van der Waals surface area contributed by atoms with Crippen molar-refractivity contribution in [3.8, 4) is 0 Å². The van der Waals surface area contributed by atoms with Crippen LogP contribution in [-0.2, 0) is 8.85 Å². The minimum Gasteiger partial charge on any atom is -0.397 e. The van der Waals surface area contributed by atoms with Gasteiger partial charge in [-0.2, -0.15) is 0 Å². The SMILES string of the molecule is CO[Si](C)(OC)C1CCCCCN1CC1CCCCC1. The van der Waals surface area contributed by atoms with Crippen LogP contribution in [0.25, 0.3) is 0 Å². The van der Waals surface area contributed by atoms with Crippen LogP contribution >= 0.6 is 0 Å². The lowest BCUT2D eigenvalue weighted by atomic mass is 9.89. The van der Waals surface area contributed by atoms with Crippen LogP contribution in [-0.4, -0.2) is 46.4 Å². The number of nitrogens with zero attached hydrogens (tertiary/aromatic N) is 1. The standard InChI is InChI=1S/C16H33NO2Si/c1-18-20(3,19-2)16-12-8-5-9-13-17(16)14-15-10-6-4-7-11-15/h15-16H,4-14H2,1-3H3. The average Bonchev–Trinajstić information content (AvgIpc) is 2.73. The summed E-state index contributed by atoms with van der Waals surface area (Å²) in [6.45, 7) is 4.77. The first-order valence-electron chi connectivity index (χ1n) is 8.54. The van der Waals surface area contributed by atoms with E-state index in [-0.39, 0.29) is 0 Å². The van der Waals surface area contributed by atoms with Crippen LogP contribution in [0.2, 0.25) is 6.55 Å². The third-order valence-electron chi connectivity index (χ3n) is 5.50. The summed E-state index contributed by atoms with van der Waals surface area (Å²) in [5.74, 6) is 0.913. The molecule has 2 aliphatic rings. The Balaban J connectivity index is 2.03. The van der Waals surface area contributed by atoms with Gasteiger partial charge in [0, 0.05) is 20.8 Å². The molecule has 1 aliphatic heterocycles. The van der Waals surface area contributed by atoms with Gasteiger partial charge < -0.3 is 8.85 Å². The van der Waals surface area contributed by atoms with Gasteiger partial charge in [0.25, 0.3) is 0 Å². The van der Waals surface area contributed by atoms with E-state index in [0.717, 1.165) is 5.92 Å². The Morgan fingerprint density at radius 3 is 2.15 bits per heavy atom. The highest BCUT2D eigenvalue weighted by atomic mass is 28.4. The Hall–Kier alpha value is 0.0969. The minimum absolute atomic E-state index is 0.543. The van der Waals surface area contributed by atoms with E-state index in [1.54, 1.807) is 0 Å². The lowest BCUT2D eigenvalue weighted by Gasteiger charge is -2.41. The number of likely N-dealkylation sites (tertiary alicyclic amines) is 1. The molecule has 1 saturated heterocycles. The fourth-order valence-electron chi connectivity index (χ4n) is 4.04.